The number of rotatable bonds is 8. The first-order valence-electron chi connectivity index (χ1n) is 11.1. The van der Waals surface area contributed by atoms with Gasteiger partial charge < -0.3 is 35.4 Å². The lowest BCUT2D eigenvalue weighted by atomic mass is 9.89. The highest BCUT2D eigenvalue weighted by Crippen LogP contribution is 2.38. The molecule has 1 aliphatic carbocycles. The van der Waals surface area contributed by atoms with Crippen LogP contribution in [0.2, 0.25) is 0 Å². The maximum Gasteiger partial charge on any atom is 0.309 e. The van der Waals surface area contributed by atoms with Crippen molar-refractivity contribution in [1.82, 2.24) is 14.9 Å². The molecule has 11 heteroatoms. The molecule has 2 unspecified atom stereocenters. The molecule has 1 fully saturated rings. The van der Waals surface area contributed by atoms with Crippen molar-refractivity contribution < 1.29 is 35.1 Å². The molecule has 0 saturated heterocycles. The van der Waals surface area contributed by atoms with E-state index in [0.717, 1.165) is 15.7 Å². The molecule has 34 heavy (non-hydrogen) atoms. The maximum atomic E-state index is 13.3. The molecule has 1 amide bonds. The maximum absolute atomic E-state index is 13.3. The van der Waals surface area contributed by atoms with Crippen molar-refractivity contribution in [1.29, 1.82) is 0 Å². The van der Waals surface area contributed by atoms with Gasteiger partial charge in [-0.25, -0.2) is 4.98 Å². The monoisotopic (exact) mass is 477 g/mol. The largest absolute Gasteiger partial charge is 0.481 e. The van der Waals surface area contributed by atoms with Crippen molar-refractivity contribution in [3.63, 3.8) is 0 Å². The number of amides is 1. The number of carbonyl (C=O) groups excluding carboxylic acids is 1. The zero-order valence-electron chi connectivity index (χ0n) is 19.4. The standard InChI is InChI=1S/C23H31N3O8/c1-11-6-14-15(7-12(11)2)26(9-16(28)19(30)17(29)10-27)21(32)18(25-14)20(31)24-13-4-5-23(3,8-13)22(33)34/h6-7,13,16-17,19,27-30H,4-5,8-10H2,1-3H3,(H,24,31)(H,33,34)/t13?,16-,17+,19-,23?/m0/s1. The van der Waals surface area contributed by atoms with Crippen LogP contribution in [0.15, 0.2) is 16.9 Å². The number of hydrogen-bond donors (Lipinski definition) is 6. The van der Waals surface area contributed by atoms with Crippen molar-refractivity contribution in [2.45, 2.75) is 70.9 Å². The van der Waals surface area contributed by atoms with Gasteiger partial charge in [-0.3, -0.25) is 14.4 Å². The molecular weight excluding hydrogens is 446 g/mol. The first kappa shape index (κ1) is 25.8. The molecule has 0 aliphatic heterocycles. The Balaban J connectivity index is 2.00. The minimum Gasteiger partial charge on any atom is -0.481 e. The van der Waals surface area contributed by atoms with Crippen LogP contribution in [0.1, 0.15) is 47.8 Å². The van der Waals surface area contributed by atoms with Crippen molar-refractivity contribution in [3.05, 3.63) is 39.3 Å². The Kier molecular flexibility index (Phi) is 7.41. The van der Waals surface area contributed by atoms with Crippen LogP contribution in [0, 0.1) is 19.3 Å². The molecule has 1 aliphatic rings. The summed E-state index contributed by atoms with van der Waals surface area (Å²) >= 11 is 0. The number of fused-ring (bicyclic) bond motifs is 1. The minimum atomic E-state index is -1.73. The van der Waals surface area contributed by atoms with Crippen LogP contribution in [0.4, 0.5) is 0 Å². The van der Waals surface area contributed by atoms with E-state index in [1.165, 1.54) is 0 Å². The summed E-state index contributed by atoms with van der Waals surface area (Å²) in [6, 6.07) is 2.93. The summed E-state index contributed by atoms with van der Waals surface area (Å²) < 4.78 is 1.11. The van der Waals surface area contributed by atoms with E-state index in [1.54, 1.807) is 19.1 Å². The van der Waals surface area contributed by atoms with E-state index in [1.807, 2.05) is 13.8 Å². The van der Waals surface area contributed by atoms with Crippen LogP contribution in [-0.2, 0) is 11.3 Å². The van der Waals surface area contributed by atoms with E-state index in [9.17, 15) is 34.8 Å². The zero-order valence-corrected chi connectivity index (χ0v) is 19.4. The van der Waals surface area contributed by atoms with Gasteiger partial charge in [0.15, 0.2) is 5.69 Å². The topological polar surface area (TPSA) is 182 Å². The van der Waals surface area contributed by atoms with Crippen LogP contribution in [-0.4, -0.2) is 77.9 Å². The number of aliphatic hydroxyl groups excluding tert-OH is 4. The molecule has 1 aromatic carbocycles. The summed E-state index contributed by atoms with van der Waals surface area (Å²) in [4.78, 5) is 42.0. The summed E-state index contributed by atoms with van der Waals surface area (Å²) in [5, 5.41) is 51.3. The van der Waals surface area contributed by atoms with Gasteiger partial charge in [0.25, 0.3) is 11.5 Å². The molecule has 5 atom stereocenters. The SMILES string of the molecule is Cc1cc2nc(C(=O)NC3CCC(C)(C(=O)O)C3)c(=O)n(C[C@H](O)[C@H](O)[C@H](O)CO)c2cc1C. The first-order chi connectivity index (χ1) is 15.9. The van der Waals surface area contributed by atoms with Gasteiger partial charge in [-0.05, 0) is 63.3 Å². The smallest absolute Gasteiger partial charge is 0.309 e. The second-order valence-electron chi connectivity index (χ2n) is 9.39. The van der Waals surface area contributed by atoms with Gasteiger partial charge in [-0.15, -0.1) is 0 Å². The highest BCUT2D eigenvalue weighted by atomic mass is 16.4. The molecular formula is C23H31N3O8. The second kappa shape index (κ2) is 9.79. The average molecular weight is 478 g/mol. The molecule has 0 radical (unpaired) electrons. The van der Waals surface area contributed by atoms with Gasteiger partial charge in [0.05, 0.1) is 29.6 Å². The number of hydrogen-bond acceptors (Lipinski definition) is 8. The van der Waals surface area contributed by atoms with Crippen molar-refractivity contribution in [3.8, 4) is 0 Å². The first-order valence-corrected chi connectivity index (χ1v) is 11.1. The lowest BCUT2D eigenvalue weighted by molar-refractivity contribution is -0.147. The van der Waals surface area contributed by atoms with Crippen LogP contribution in [0.5, 0.6) is 0 Å². The van der Waals surface area contributed by atoms with Gasteiger partial charge in [0.1, 0.15) is 18.3 Å². The Hall–Kier alpha value is -2.86. The molecule has 3 rings (SSSR count). The van der Waals surface area contributed by atoms with Crippen LogP contribution < -0.4 is 10.9 Å². The number of nitrogens with one attached hydrogen (secondary N) is 1. The molecule has 0 bridgehead atoms. The normalized spacial score (nSPS) is 23.0. The molecule has 1 aromatic heterocycles. The fraction of sp³-hybridized carbons (Fsp3) is 0.565. The van der Waals surface area contributed by atoms with Crippen LogP contribution in [0.3, 0.4) is 0 Å². The highest BCUT2D eigenvalue weighted by molar-refractivity contribution is 5.94. The summed E-state index contributed by atoms with van der Waals surface area (Å²) in [6.45, 7) is 4.03. The number of nitrogens with zero attached hydrogens (tertiary/aromatic N) is 2. The summed E-state index contributed by atoms with van der Waals surface area (Å²) in [6.07, 6.45) is -3.91. The summed E-state index contributed by atoms with van der Waals surface area (Å²) in [7, 11) is 0. The van der Waals surface area contributed by atoms with Gasteiger partial charge in [-0.2, -0.15) is 0 Å². The minimum absolute atomic E-state index is 0.220. The third-order valence-electron chi connectivity index (χ3n) is 6.71. The fourth-order valence-corrected chi connectivity index (χ4v) is 4.30. The molecule has 2 aromatic rings. The number of carboxylic acid groups (broad SMARTS) is 1. The molecule has 11 nitrogen and oxygen atoms in total. The van der Waals surface area contributed by atoms with E-state index in [0.29, 0.717) is 23.9 Å². The quantitative estimate of drug-likeness (QED) is 0.291. The van der Waals surface area contributed by atoms with Crippen molar-refractivity contribution >= 4 is 22.9 Å². The van der Waals surface area contributed by atoms with Gasteiger partial charge in [0.2, 0.25) is 0 Å². The number of carboxylic acids is 1. The van der Waals surface area contributed by atoms with Gasteiger partial charge >= 0.3 is 5.97 Å². The number of benzene rings is 1. The lowest BCUT2D eigenvalue weighted by Crippen LogP contribution is -2.45. The highest BCUT2D eigenvalue weighted by Gasteiger charge is 2.42. The van der Waals surface area contributed by atoms with E-state index < -0.39 is 66.1 Å². The number of aryl methyl sites for hydroxylation is 2. The van der Waals surface area contributed by atoms with Crippen LogP contribution >= 0.6 is 0 Å². The summed E-state index contributed by atoms with van der Waals surface area (Å²) in [5.41, 5.74) is 0.149. The molecule has 6 N–H and O–H groups in total. The Labute approximate surface area is 195 Å². The van der Waals surface area contributed by atoms with Crippen molar-refractivity contribution in [2.24, 2.45) is 5.41 Å². The zero-order chi connectivity index (χ0) is 25.4. The third-order valence-corrected chi connectivity index (χ3v) is 6.71. The average Bonchev–Trinajstić information content (AvgIpc) is 3.17. The van der Waals surface area contributed by atoms with Gasteiger partial charge in [0, 0.05) is 6.04 Å². The predicted octanol–water partition coefficient (Wildman–Crippen LogP) is -0.538. The third kappa shape index (κ3) is 4.97. The number of aliphatic hydroxyl groups is 4. The Bertz CT molecular complexity index is 1160. The Morgan fingerprint density at radius 1 is 1.21 bits per heavy atom. The molecule has 0 spiro atoms. The number of aromatic nitrogens is 2. The fourth-order valence-electron chi connectivity index (χ4n) is 4.30. The number of aliphatic carboxylic acids is 1. The second-order valence-corrected chi connectivity index (χ2v) is 9.39. The molecule has 186 valence electrons. The van der Waals surface area contributed by atoms with Crippen LogP contribution in [0.25, 0.3) is 11.0 Å². The Morgan fingerprint density at radius 3 is 2.44 bits per heavy atom. The van der Waals surface area contributed by atoms with E-state index in [-0.39, 0.29) is 6.42 Å². The predicted molar refractivity (Wildman–Crippen MR) is 121 cm³/mol. The van der Waals surface area contributed by atoms with E-state index in [4.69, 9.17) is 5.11 Å². The van der Waals surface area contributed by atoms with Gasteiger partial charge in [-0.1, -0.05) is 0 Å². The molecule has 1 heterocycles. The van der Waals surface area contributed by atoms with E-state index in [2.05, 4.69) is 10.3 Å². The van der Waals surface area contributed by atoms with Crippen molar-refractivity contribution in [2.75, 3.05) is 6.61 Å². The van der Waals surface area contributed by atoms with E-state index >= 15 is 0 Å². The Morgan fingerprint density at radius 2 is 1.85 bits per heavy atom. The number of carbonyl (C=O) groups is 2. The summed E-state index contributed by atoms with van der Waals surface area (Å²) in [5.74, 6) is -1.71. The lowest BCUT2D eigenvalue weighted by Gasteiger charge is -2.23. The molecule has 1 saturated carbocycles.